The third kappa shape index (κ3) is 4.43. The first kappa shape index (κ1) is 22.1. The Labute approximate surface area is 191 Å². The first-order chi connectivity index (χ1) is 15.2. The third-order valence-corrected chi connectivity index (χ3v) is 6.79. The van der Waals surface area contributed by atoms with Crippen LogP contribution in [0.5, 0.6) is 0 Å². The van der Waals surface area contributed by atoms with Gasteiger partial charge in [0.05, 0.1) is 17.0 Å². The predicted molar refractivity (Wildman–Crippen MR) is 123 cm³/mol. The summed E-state index contributed by atoms with van der Waals surface area (Å²) in [7, 11) is 0. The summed E-state index contributed by atoms with van der Waals surface area (Å²) < 4.78 is 1.72. The van der Waals surface area contributed by atoms with Crippen LogP contribution in [0.3, 0.4) is 0 Å². The van der Waals surface area contributed by atoms with Crippen LogP contribution >= 0.6 is 11.3 Å². The fraction of sp³-hybridized carbons (Fsp3) is 0.435. The minimum Gasteiger partial charge on any atom is -0.339 e. The van der Waals surface area contributed by atoms with E-state index in [4.69, 9.17) is 0 Å². The highest BCUT2D eigenvalue weighted by Crippen LogP contribution is 2.20. The van der Waals surface area contributed by atoms with Gasteiger partial charge >= 0.3 is 0 Å². The van der Waals surface area contributed by atoms with Gasteiger partial charge in [-0.3, -0.25) is 9.59 Å². The lowest BCUT2D eigenvalue weighted by Crippen LogP contribution is -2.50. The van der Waals surface area contributed by atoms with E-state index in [1.807, 2.05) is 62.6 Å². The van der Waals surface area contributed by atoms with Gasteiger partial charge in [0.25, 0.3) is 11.9 Å². The second-order valence-corrected chi connectivity index (χ2v) is 9.56. The number of aryl methyl sites for hydroxylation is 4. The molecule has 4 heterocycles. The van der Waals surface area contributed by atoms with Crippen LogP contribution in [-0.4, -0.2) is 67.5 Å². The summed E-state index contributed by atoms with van der Waals surface area (Å²) in [4.78, 5) is 40.2. The van der Waals surface area contributed by atoms with Crippen LogP contribution in [0.15, 0.2) is 18.2 Å². The molecule has 4 rings (SSSR count). The molecular weight excluding hydrogens is 424 g/mol. The van der Waals surface area contributed by atoms with Crippen LogP contribution in [0.4, 0.5) is 0 Å². The van der Waals surface area contributed by atoms with Gasteiger partial charge in [0, 0.05) is 53.7 Å². The van der Waals surface area contributed by atoms with Crippen molar-refractivity contribution in [1.29, 1.82) is 0 Å². The van der Waals surface area contributed by atoms with E-state index in [0.717, 1.165) is 38.1 Å². The summed E-state index contributed by atoms with van der Waals surface area (Å²) in [6, 6.07) is 5.76. The molecular formula is C23H28N6O2S. The Morgan fingerprint density at radius 1 is 0.938 bits per heavy atom. The molecule has 0 aromatic carbocycles. The van der Waals surface area contributed by atoms with Crippen LogP contribution in [0.2, 0.25) is 0 Å². The fourth-order valence-electron chi connectivity index (χ4n) is 4.05. The quantitative estimate of drug-likeness (QED) is 0.608. The van der Waals surface area contributed by atoms with Crippen molar-refractivity contribution in [1.82, 2.24) is 29.5 Å². The first-order valence-electron chi connectivity index (χ1n) is 10.7. The number of hydrogen-bond donors (Lipinski definition) is 0. The zero-order chi connectivity index (χ0) is 23.0. The topological polar surface area (TPSA) is 84.2 Å². The largest absolute Gasteiger partial charge is 0.339 e. The van der Waals surface area contributed by atoms with Crippen molar-refractivity contribution < 1.29 is 9.59 Å². The van der Waals surface area contributed by atoms with Gasteiger partial charge in [-0.25, -0.2) is 14.6 Å². The zero-order valence-corrected chi connectivity index (χ0v) is 20.0. The van der Waals surface area contributed by atoms with Crippen LogP contribution in [0.25, 0.3) is 5.95 Å². The average Bonchev–Trinajstić information content (AvgIpc) is 3.31. The first-order valence-corrected chi connectivity index (χ1v) is 11.6. The molecule has 168 valence electrons. The van der Waals surface area contributed by atoms with Crippen molar-refractivity contribution >= 4 is 23.2 Å². The Bertz CT molecular complexity index is 1150. The van der Waals surface area contributed by atoms with Crippen LogP contribution in [0, 0.1) is 34.6 Å². The Kier molecular flexibility index (Phi) is 6.10. The molecule has 0 atom stereocenters. The molecule has 0 saturated carbocycles. The Hall–Kier alpha value is -3.07. The highest BCUT2D eigenvalue weighted by atomic mass is 32.1. The third-order valence-electron chi connectivity index (χ3n) is 5.80. The summed E-state index contributed by atoms with van der Waals surface area (Å²) in [6.45, 7) is 11.9. The Morgan fingerprint density at radius 2 is 1.56 bits per heavy atom. The van der Waals surface area contributed by atoms with Crippen molar-refractivity contribution in [3.63, 3.8) is 0 Å². The monoisotopic (exact) mass is 452 g/mol. The molecule has 0 radical (unpaired) electrons. The fourth-order valence-corrected chi connectivity index (χ4v) is 4.89. The number of hydrogen-bond acceptors (Lipinski definition) is 6. The Balaban J connectivity index is 1.42. The SMILES string of the molecule is Cc1cc(C)nc(-n2nc(C)c(CC(=O)N3CCN(C(=O)c4ccc(C)s4)CC3)c2C)n1. The number of carbonyl (C=O) groups is 2. The van der Waals surface area contributed by atoms with Crippen LogP contribution in [-0.2, 0) is 11.2 Å². The molecule has 0 N–H and O–H groups in total. The standard InChI is InChI=1S/C23H28N6O2S/c1-14-12-15(2)25-23(24-14)29-18(5)19(17(4)26-29)13-21(30)27-8-10-28(11-9-27)22(31)20-7-6-16(3)32-20/h6-7,12H,8-11,13H2,1-5H3. The van der Waals surface area contributed by atoms with Crippen molar-refractivity contribution in [3.05, 3.63) is 56.3 Å². The van der Waals surface area contributed by atoms with Crippen molar-refractivity contribution in [2.24, 2.45) is 0 Å². The molecule has 1 aliphatic heterocycles. The summed E-state index contributed by atoms with van der Waals surface area (Å²) in [5.41, 5.74) is 4.35. The van der Waals surface area contributed by atoms with Gasteiger partial charge in [0.2, 0.25) is 5.91 Å². The smallest absolute Gasteiger partial charge is 0.264 e. The number of carbonyl (C=O) groups excluding carboxylic acids is 2. The average molecular weight is 453 g/mol. The van der Waals surface area contributed by atoms with E-state index in [0.29, 0.717) is 32.1 Å². The lowest BCUT2D eigenvalue weighted by atomic mass is 10.1. The van der Waals surface area contributed by atoms with Crippen LogP contribution in [0.1, 0.15) is 42.9 Å². The number of thiophene rings is 1. The molecule has 8 nitrogen and oxygen atoms in total. The number of nitrogens with zero attached hydrogens (tertiary/aromatic N) is 6. The van der Waals surface area contributed by atoms with E-state index in [1.54, 1.807) is 4.68 Å². The van der Waals surface area contributed by atoms with E-state index >= 15 is 0 Å². The number of amides is 2. The number of aromatic nitrogens is 4. The number of rotatable bonds is 4. The zero-order valence-electron chi connectivity index (χ0n) is 19.2. The van der Waals surface area contributed by atoms with Gasteiger partial charge in [0.1, 0.15) is 0 Å². The molecule has 0 unspecified atom stereocenters. The van der Waals surface area contributed by atoms with E-state index in [1.165, 1.54) is 11.3 Å². The van der Waals surface area contributed by atoms with E-state index in [-0.39, 0.29) is 18.2 Å². The molecule has 32 heavy (non-hydrogen) atoms. The molecule has 0 spiro atoms. The van der Waals surface area contributed by atoms with Gasteiger partial charge < -0.3 is 9.80 Å². The van der Waals surface area contributed by atoms with Gasteiger partial charge in [-0.1, -0.05) is 0 Å². The van der Waals surface area contributed by atoms with E-state index in [2.05, 4.69) is 15.1 Å². The summed E-state index contributed by atoms with van der Waals surface area (Å²) >= 11 is 1.51. The molecule has 0 bridgehead atoms. The van der Waals surface area contributed by atoms with Crippen molar-refractivity contribution in [2.45, 2.75) is 41.0 Å². The highest BCUT2D eigenvalue weighted by Gasteiger charge is 2.27. The normalized spacial score (nSPS) is 14.2. The van der Waals surface area contributed by atoms with E-state index in [9.17, 15) is 9.59 Å². The summed E-state index contributed by atoms with van der Waals surface area (Å²) in [6.07, 6.45) is 0.278. The molecule has 1 fully saturated rings. The van der Waals surface area contributed by atoms with E-state index < -0.39 is 0 Å². The molecule has 0 aliphatic carbocycles. The Morgan fingerprint density at radius 3 is 2.16 bits per heavy atom. The van der Waals surface area contributed by atoms with Gasteiger partial charge in [-0.2, -0.15) is 5.10 Å². The maximum absolute atomic E-state index is 13.0. The molecule has 9 heteroatoms. The highest BCUT2D eigenvalue weighted by molar-refractivity contribution is 7.13. The lowest BCUT2D eigenvalue weighted by molar-refractivity contribution is -0.131. The second kappa shape index (κ2) is 8.82. The molecule has 2 amide bonds. The molecule has 3 aromatic rings. The summed E-state index contributed by atoms with van der Waals surface area (Å²) in [5.74, 6) is 0.630. The predicted octanol–water partition coefficient (Wildman–Crippen LogP) is 2.79. The molecule has 1 aliphatic rings. The minimum atomic E-state index is 0.0520. The van der Waals surface area contributed by atoms with Crippen molar-refractivity contribution in [2.75, 3.05) is 26.2 Å². The summed E-state index contributed by atoms with van der Waals surface area (Å²) in [5, 5.41) is 4.60. The second-order valence-electron chi connectivity index (χ2n) is 8.27. The molecule has 1 saturated heterocycles. The maximum Gasteiger partial charge on any atom is 0.264 e. The minimum absolute atomic E-state index is 0.0520. The van der Waals surface area contributed by atoms with Crippen molar-refractivity contribution in [3.8, 4) is 5.95 Å². The maximum atomic E-state index is 13.0. The van der Waals surface area contributed by atoms with Gasteiger partial charge in [0.15, 0.2) is 0 Å². The van der Waals surface area contributed by atoms with Gasteiger partial charge in [-0.05, 0) is 52.8 Å². The molecule has 3 aromatic heterocycles. The lowest BCUT2D eigenvalue weighted by Gasteiger charge is -2.34. The van der Waals surface area contributed by atoms with Gasteiger partial charge in [-0.15, -0.1) is 11.3 Å². The van der Waals surface area contributed by atoms with Crippen LogP contribution < -0.4 is 0 Å². The number of piperazine rings is 1.